The number of rotatable bonds is 2. The normalized spacial score (nSPS) is 13.5. The first-order valence-corrected chi connectivity index (χ1v) is 6.45. The van der Waals surface area contributed by atoms with Crippen molar-refractivity contribution in [3.05, 3.63) is 46.0 Å². The van der Waals surface area contributed by atoms with Crippen LogP contribution in [0.3, 0.4) is 0 Å². The first-order chi connectivity index (χ1) is 8.65. The van der Waals surface area contributed by atoms with Crippen LogP contribution in [0, 0.1) is 13.8 Å². The lowest BCUT2D eigenvalue weighted by atomic mass is 10.1. The molecule has 3 rings (SSSR count). The van der Waals surface area contributed by atoms with Crippen LogP contribution in [0.5, 0.6) is 5.75 Å². The van der Waals surface area contributed by atoms with E-state index in [1.54, 1.807) is 0 Å². The average molecular weight is 263 g/mol. The largest absolute Gasteiger partial charge is 0.493 e. The quantitative estimate of drug-likeness (QED) is 0.831. The highest BCUT2D eigenvalue weighted by molar-refractivity contribution is 6.30. The first-order valence-electron chi connectivity index (χ1n) is 6.07. The van der Waals surface area contributed by atoms with Gasteiger partial charge in [0.15, 0.2) is 0 Å². The number of imidazole rings is 1. The van der Waals surface area contributed by atoms with Crippen molar-refractivity contribution in [1.82, 2.24) is 9.55 Å². The van der Waals surface area contributed by atoms with Crippen LogP contribution >= 0.6 is 11.6 Å². The second-order valence-electron chi connectivity index (χ2n) is 4.69. The summed E-state index contributed by atoms with van der Waals surface area (Å²) in [5.74, 6) is 1.00. The summed E-state index contributed by atoms with van der Waals surface area (Å²) in [6.45, 7) is 5.61. The molecule has 1 aliphatic rings. The van der Waals surface area contributed by atoms with Crippen LogP contribution in [-0.4, -0.2) is 16.2 Å². The van der Waals surface area contributed by atoms with E-state index in [0.717, 1.165) is 41.6 Å². The van der Waals surface area contributed by atoms with E-state index in [1.807, 2.05) is 25.4 Å². The fourth-order valence-corrected chi connectivity index (χ4v) is 2.61. The average Bonchev–Trinajstić information content (AvgIpc) is 2.90. The molecule has 2 heterocycles. The number of ether oxygens (including phenoxy) is 1. The second kappa shape index (κ2) is 4.32. The number of fused-ring (bicyclic) bond motifs is 1. The molecule has 2 aromatic rings. The van der Waals surface area contributed by atoms with Crippen molar-refractivity contribution in [3.8, 4) is 5.75 Å². The smallest absolute Gasteiger partial charge is 0.127 e. The Balaban J connectivity index is 2.00. The minimum absolute atomic E-state index is 0.755. The van der Waals surface area contributed by atoms with Gasteiger partial charge in [0.05, 0.1) is 25.2 Å². The zero-order valence-corrected chi connectivity index (χ0v) is 11.3. The fourth-order valence-electron chi connectivity index (χ4n) is 2.35. The zero-order valence-electron chi connectivity index (χ0n) is 10.5. The van der Waals surface area contributed by atoms with Gasteiger partial charge in [-0.1, -0.05) is 11.6 Å². The van der Waals surface area contributed by atoms with Crippen molar-refractivity contribution < 1.29 is 4.74 Å². The van der Waals surface area contributed by atoms with Crippen molar-refractivity contribution in [2.45, 2.75) is 26.8 Å². The van der Waals surface area contributed by atoms with Crippen molar-refractivity contribution in [3.63, 3.8) is 0 Å². The molecule has 0 atom stereocenters. The Hall–Kier alpha value is -1.48. The predicted molar refractivity (Wildman–Crippen MR) is 71.5 cm³/mol. The summed E-state index contributed by atoms with van der Waals surface area (Å²) in [7, 11) is 0. The first kappa shape index (κ1) is 11.6. The molecule has 0 aliphatic carbocycles. The van der Waals surface area contributed by atoms with E-state index >= 15 is 0 Å². The molecule has 94 valence electrons. The topological polar surface area (TPSA) is 27.1 Å². The Morgan fingerprint density at radius 3 is 2.94 bits per heavy atom. The molecule has 0 saturated carbocycles. The van der Waals surface area contributed by atoms with Gasteiger partial charge in [0.1, 0.15) is 5.75 Å². The van der Waals surface area contributed by atoms with Crippen LogP contribution < -0.4 is 4.74 Å². The summed E-state index contributed by atoms with van der Waals surface area (Å²) < 4.78 is 7.84. The molecule has 0 spiro atoms. The second-order valence-corrected chi connectivity index (χ2v) is 5.13. The zero-order chi connectivity index (χ0) is 12.7. The molecule has 1 aliphatic heterocycles. The lowest BCUT2D eigenvalue weighted by Crippen LogP contribution is -2.02. The number of hydrogen-bond donors (Lipinski definition) is 0. The van der Waals surface area contributed by atoms with Crippen molar-refractivity contribution in [1.29, 1.82) is 0 Å². The molecular weight excluding hydrogens is 248 g/mol. The molecule has 0 N–H and O–H groups in total. The highest BCUT2D eigenvalue weighted by atomic mass is 35.5. The molecule has 1 aromatic heterocycles. The van der Waals surface area contributed by atoms with Crippen LogP contribution in [-0.2, 0) is 13.0 Å². The summed E-state index contributed by atoms with van der Waals surface area (Å²) in [6.07, 6.45) is 2.82. The van der Waals surface area contributed by atoms with Gasteiger partial charge in [-0.2, -0.15) is 0 Å². The SMILES string of the molecule is Cc1ncn(Cc2cc(Cl)cc3c2OCC3)c1C. The summed E-state index contributed by atoms with van der Waals surface area (Å²) in [5, 5.41) is 0.781. The summed E-state index contributed by atoms with van der Waals surface area (Å²) in [6, 6.07) is 3.99. The third-order valence-corrected chi connectivity index (χ3v) is 3.73. The van der Waals surface area contributed by atoms with Gasteiger partial charge in [-0.15, -0.1) is 0 Å². The Kier molecular flexibility index (Phi) is 2.78. The van der Waals surface area contributed by atoms with Crippen molar-refractivity contribution in [2.75, 3.05) is 6.61 Å². The number of aromatic nitrogens is 2. The number of halogens is 1. The maximum Gasteiger partial charge on any atom is 0.127 e. The van der Waals surface area contributed by atoms with E-state index in [2.05, 4.69) is 16.5 Å². The van der Waals surface area contributed by atoms with Gasteiger partial charge < -0.3 is 9.30 Å². The number of nitrogens with zero attached hydrogens (tertiary/aromatic N) is 2. The van der Waals surface area contributed by atoms with Gasteiger partial charge >= 0.3 is 0 Å². The minimum Gasteiger partial charge on any atom is -0.493 e. The van der Waals surface area contributed by atoms with E-state index < -0.39 is 0 Å². The molecule has 0 fully saturated rings. The Bertz CT molecular complexity index is 604. The third kappa shape index (κ3) is 1.89. The third-order valence-electron chi connectivity index (χ3n) is 3.51. The molecule has 0 bridgehead atoms. The van der Waals surface area contributed by atoms with E-state index in [4.69, 9.17) is 16.3 Å². The Morgan fingerprint density at radius 1 is 1.39 bits per heavy atom. The van der Waals surface area contributed by atoms with Gasteiger partial charge in [-0.25, -0.2) is 4.98 Å². The van der Waals surface area contributed by atoms with Crippen molar-refractivity contribution in [2.24, 2.45) is 0 Å². The lowest BCUT2D eigenvalue weighted by Gasteiger charge is -2.11. The monoisotopic (exact) mass is 262 g/mol. The molecule has 0 amide bonds. The Morgan fingerprint density at radius 2 is 2.22 bits per heavy atom. The van der Waals surface area contributed by atoms with Crippen LogP contribution in [0.1, 0.15) is 22.5 Å². The highest BCUT2D eigenvalue weighted by Gasteiger charge is 2.18. The van der Waals surface area contributed by atoms with E-state index in [0.29, 0.717) is 0 Å². The summed E-state index contributed by atoms with van der Waals surface area (Å²) in [5.41, 5.74) is 4.60. The molecule has 0 unspecified atom stereocenters. The molecule has 0 radical (unpaired) electrons. The standard InChI is InChI=1S/C14H15ClN2O/c1-9-10(2)17(8-16-9)7-12-6-13(15)5-11-3-4-18-14(11)12/h5-6,8H,3-4,7H2,1-2H3. The van der Waals surface area contributed by atoms with Crippen LogP contribution in [0.2, 0.25) is 5.02 Å². The van der Waals surface area contributed by atoms with Gasteiger partial charge in [-0.05, 0) is 31.5 Å². The van der Waals surface area contributed by atoms with Gasteiger partial charge in [0.2, 0.25) is 0 Å². The van der Waals surface area contributed by atoms with Gasteiger partial charge in [0.25, 0.3) is 0 Å². The molecule has 18 heavy (non-hydrogen) atoms. The molecule has 3 nitrogen and oxygen atoms in total. The number of benzene rings is 1. The molecule has 4 heteroatoms. The number of aryl methyl sites for hydroxylation is 1. The van der Waals surface area contributed by atoms with E-state index in [9.17, 15) is 0 Å². The van der Waals surface area contributed by atoms with Gasteiger partial charge in [-0.3, -0.25) is 0 Å². The van der Waals surface area contributed by atoms with E-state index in [1.165, 1.54) is 11.3 Å². The highest BCUT2D eigenvalue weighted by Crippen LogP contribution is 2.33. The maximum atomic E-state index is 6.16. The van der Waals surface area contributed by atoms with Crippen LogP contribution in [0.25, 0.3) is 0 Å². The van der Waals surface area contributed by atoms with Crippen molar-refractivity contribution >= 4 is 11.6 Å². The summed E-state index contributed by atoms with van der Waals surface area (Å²) >= 11 is 6.16. The summed E-state index contributed by atoms with van der Waals surface area (Å²) in [4.78, 5) is 4.32. The predicted octanol–water partition coefficient (Wildman–Crippen LogP) is 3.14. The molecule has 1 aromatic carbocycles. The Labute approximate surface area is 111 Å². The minimum atomic E-state index is 0.755. The van der Waals surface area contributed by atoms with Gasteiger partial charge in [0, 0.05) is 22.7 Å². The number of hydrogen-bond acceptors (Lipinski definition) is 2. The lowest BCUT2D eigenvalue weighted by molar-refractivity contribution is 0.352. The molecule has 0 saturated heterocycles. The molecular formula is C14H15ClN2O. The fraction of sp³-hybridized carbons (Fsp3) is 0.357. The van der Waals surface area contributed by atoms with E-state index in [-0.39, 0.29) is 0 Å². The van der Waals surface area contributed by atoms with Crippen LogP contribution in [0.15, 0.2) is 18.5 Å². The maximum absolute atomic E-state index is 6.16. The van der Waals surface area contributed by atoms with Crippen LogP contribution in [0.4, 0.5) is 0 Å².